The second-order valence-electron chi connectivity index (χ2n) is 6.53. The van der Waals surface area contributed by atoms with Crippen molar-refractivity contribution in [3.63, 3.8) is 0 Å². The maximum absolute atomic E-state index is 11.0. The van der Waals surface area contributed by atoms with Crippen LogP contribution in [0.5, 0.6) is 0 Å². The van der Waals surface area contributed by atoms with Gasteiger partial charge in [-0.3, -0.25) is 9.79 Å². The lowest BCUT2D eigenvalue weighted by Crippen LogP contribution is -2.41. The predicted octanol–water partition coefficient (Wildman–Crippen LogP) is 3.27. The summed E-state index contributed by atoms with van der Waals surface area (Å²) in [5.74, 6) is 0.683. The van der Waals surface area contributed by atoms with Gasteiger partial charge in [0.1, 0.15) is 0 Å². The number of methoxy groups -OCH3 is 1. The molecule has 1 aliphatic carbocycles. The molecule has 0 atom stereocenters. The molecule has 0 bridgehead atoms. The zero-order valence-electron chi connectivity index (χ0n) is 15.1. The summed E-state index contributed by atoms with van der Waals surface area (Å²) in [5, 5.41) is 7.55. The van der Waals surface area contributed by atoms with Crippen LogP contribution in [0.4, 0.5) is 0 Å². The Bertz CT molecular complexity index is 600. The van der Waals surface area contributed by atoms with Crippen LogP contribution >= 0.6 is 11.6 Å². The Labute approximate surface area is 155 Å². The highest BCUT2D eigenvalue weighted by atomic mass is 35.5. The van der Waals surface area contributed by atoms with Crippen LogP contribution in [0, 0.1) is 0 Å². The molecule has 2 rings (SSSR count). The van der Waals surface area contributed by atoms with Crippen LogP contribution in [0.2, 0.25) is 5.02 Å². The molecule has 0 amide bonds. The highest BCUT2D eigenvalue weighted by Crippen LogP contribution is 2.48. The Kier molecular flexibility index (Phi) is 7.56. The first-order chi connectivity index (χ1) is 12.1. The maximum atomic E-state index is 11.0. The van der Waals surface area contributed by atoms with E-state index in [0.717, 1.165) is 43.3 Å². The third-order valence-corrected chi connectivity index (χ3v) is 4.92. The third kappa shape index (κ3) is 6.24. The molecule has 0 aromatic heterocycles. The van der Waals surface area contributed by atoms with Crippen LogP contribution in [0.15, 0.2) is 29.3 Å². The summed E-state index contributed by atoms with van der Waals surface area (Å²) in [5.41, 5.74) is 1.48. The molecule has 0 aliphatic heterocycles. The van der Waals surface area contributed by atoms with E-state index < -0.39 is 0 Å². The number of carbonyl (C=O) groups excluding carboxylic acids is 1. The number of unbranched alkanes of at least 4 members (excludes halogenated alkanes) is 2. The van der Waals surface area contributed by atoms with E-state index in [9.17, 15) is 4.79 Å². The Morgan fingerprint density at radius 2 is 2.08 bits per heavy atom. The van der Waals surface area contributed by atoms with E-state index in [1.54, 1.807) is 7.05 Å². The molecule has 138 valence electrons. The molecule has 1 aliphatic rings. The molecule has 0 saturated heterocycles. The second-order valence-corrected chi connectivity index (χ2v) is 6.97. The van der Waals surface area contributed by atoms with E-state index in [1.807, 2.05) is 12.1 Å². The first-order valence-electron chi connectivity index (χ1n) is 8.87. The summed E-state index contributed by atoms with van der Waals surface area (Å²) in [4.78, 5) is 15.3. The molecule has 1 fully saturated rings. The van der Waals surface area contributed by atoms with Gasteiger partial charge >= 0.3 is 5.97 Å². The lowest BCUT2D eigenvalue weighted by atomic mass is 9.96. The Morgan fingerprint density at radius 1 is 1.28 bits per heavy atom. The van der Waals surface area contributed by atoms with Crippen molar-refractivity contribution < 1.29 is 9.53 Å². The van der Waals surface area contributed by atoms with E-state index in [0.29, 0.717) is 6.42 Å². The number of nitrogens with one attached hydrogen (secondary N) is 2. The maximum Gasteiger partial charge on any atom is 0.305 e. The number of hydrogen-bond acceptors (Lipinski definition) is 3. The van der Waals surface area contributed by atoms with Gasteiger partial charge in [-0.25, -0.2) is 0 Å². The quantitative estimate of drug-likeness (QED) is 0.305. The van der Waals surface area contributed by atoms with Gasteiger partial charge in [0, 0.05) is 37.0 Å². The van der Waals surface area contributed by atoms with Crippen LogP contribution in [-0.2, 0) is 14.9 Å². The molecule has 0 spiro atoms. The molecular formula is C19H28ClN3O2. The van der Waals surface area contributed by atoms with Crippen molar-refractivity contribution in [1.29, 1.82) is 0 Å². The molecular weight excluding hydrogens is 338 g/mol. The smallest absolute Gasteiger partial charge is 0.305 e. The van der Waals surface area contributed by atoms with Crippen LogP contribution in [0.25, 0.3) is 0 Å². The van der Waals surface area contributed by atoms with Gasteiger partial charge in [-0.1, -0.05) is 30.2 Å². The standard InChI is InChI=1S/C19H28ClN3O2/c1-21-18(22-12-5-3-4-9-17(24)25-2)23-14-19(10-11-19)15-7-6-8-16(20)13-15/h6-8,13H,3-5,9-12,14H2,1-2H3,(H2,21,22,23). The van der Waals surface area contributed by atoms with Crippen LogP contribution in [-0.4, -0.2) is 39.2 Å². The van der Waals surface area contributed by atoms with Gasteiger partial charge in [-0.2, -0.15) is 0 Å². The number of benzene rings is 1. The van der Waals surface area contributed by atoms with Gasteiger partial charge in [-0.15, -0.1) is 0 Å². The molecule has 1 aromatic carbocycles. The molecule has 6 heteroatoms. The topological polar surface area (TPSA) is 62.7 Å². The zero-order chi connectivity index (χ0) is 18.1. The molecule has 0 heterocycles. The summed E-state index contributed by atoms with van der Waals surface area (Å²) in [7, 11) is 3.21. The number of rotatable bonds is 9. The molecule has 1 aromatic rings. The number of hydrogen-bond donors (Lipinski definition) is 2. The van der Waals surface area contributed by atoms with Crippen LogP contribution in [0.1, 0.15) is 44.1 Å². The van der Waals surface area contributed by atoms with Crippen molar-refractivity contribution in [3.8, 4) is 0 Å². The van der Waals surface area contributed by atoms with Crippen LogP contribution in [0.3, 0.4) is 0 Å². The minimum absolute atomic E-state index is 0.138. The number of carbonyl (C=O) groups is 1. The Hall–Kier alpha value is -1.75. The molecule has 0 radical (unpaired) electrons. The normalized spacial score (nSPS) is 15.6. The van der Waals surface area contributed by atoms with Crippen molar-refractivity contribution in [2.75, 3.05) is 27.2 Å². The highest BCUT2D eigenvalue weighted by Gasteiger charge is 2.44. The van der Waals surface area contributed by atoms with Crippen molar-refractivity contribution >= 4 is 23.5 Å². The van der Waals surface area contributed by atoms with E-state index in [1.165, 1.54) is 25.5 Å². The zero-order valence-corrected chi connectivity index (χ0v) is 15.9. The van der Waals surface area contributed by atoms with Gasteiger partial charge in [0.25, 0.3) is 0 Å². The fraction of sp³-hybridized carbons (Fsp3) is 0.579. The monoisotopic (exact) mass is 365 g/mol. The number of aliphatic imine (C=N–C) groups is 1. The SMILES string of the molecule is CN=C(NCCCCCC(=O)OC)NCC1(c2cccc(Cl)c2)CC1. The van der Waals surface area contributed by atoms with Crippen LogP contribution < -0.4 is 10.6 Å². The second kappa shape index (κ2) is 9.66. The van der Waals surface area contributed by atoms with Crippen molar-refractivity contribution in [3.05, 3.63) is 34.9 Å². The highest BCUT2D eigenvalue weighted by molar-refractivity contribution is 6.30. The van der Waals surface area contributed by atoms with Gasteiger partial charge in [0.2, 0.25) is 0 Å². The van der Waals surface area contributed by atoms with E-state index in [4.69, 9.17) is 11.6 Å². The average Bonchev–Trinajstić information content (AvgIpc) is 3.41. The largest absolute Gasteiger partial charge is 0.469 e. The summed E-state index contributed by atoms with van der Waals surface area (Å²) >= 11 is 6.12. The Balaban J connectivity index is 1.68. The summed E-state index contributed by atoms with van der Waals surface area (Å²) in [6.07, 6.45) is 5.68. The fourth-order valence-corrected chi connectivity index (χ4v) is 3.08. The number of guanidine groups is 1. The van der Waals surface area contributed by atoms with Crippen molar-refractivity contribution in [2.45, 2.75) is 43.9 Å². The lowest BCUT2D eigenvalue weighted by Gasteiger charge is -2.19. The number of nitrogens with zero attached hydrogens (tertiary/aromatic N) is 1. The first kappa shape index (κ1) is 19.6. The van der Waals surface area contributed by atoms with E-state index in [2.05, 4.69) is 32.5 Å². The molecule has 25 heavy (non-hydrogen) atoms. The summed E-state index contributed by atoms with van der Waals surface area (Å²) in [6.45, 7) is 1.69. The first-order valence-corrected chi connectivity index (χ1v) is 9.25. The fourth-order valence-electron chi connectivity index (χ4n) is 2.89. The number of ether oxygens (including phenoxy) is 1. The van der Waals surface area contributed by atoms with Crippen molar-refractivity contribution in [1.82, 2.24) is 10.6 Å². The Morgan fingerprint density at radius 3 is 2.72 bits per heavy atom. The van der Waals surface area contributed by atoms with Gasteiger partial charge in [0.15, 0.2) is 5.96 Å². The number of halogens is 1. The minimum Gasteiger partial charge on any atom is -0.469 e. The average molecular weight is 366 g/mol. The summed E-state index contributed by atoms with van der Waals surface area (Å²) in [6, 6.07) is 8.14. The van der Waals surface area contributed by atoms with Crippen molar-refractivity contribution in [2.24, 2.45) is 4.99 Å². The van der Waals surface area contributed by atoms with E-state index in [-0.39, 0.29) is 11.4 Å². The third-order valence-electron chi connectivity index (χ3n) is 4.69. The number of esters is 1. The van der Waals surface area contributed by atoms with Gasteiger partial charge < -0.3 is 15.4 Å². The van der Waals surface area contributed by atoms with Gasteiger partial charge in [0.05, 0.1) is 7.11 Å². The molecule has 2 N–H and O–H groups in total. The predicted molar refractivity (Wildman–Crippen MR) is 102 cm³/mol. The lowest BCUT2D eigenvalue weighted by molar-refractivity contribution is -0.140. The minimum atomic E-state index is -0.138. The molecule has 5 nitrogen and oxygen atoms in total. The molecule has 1 saturated carbocycles. The van der Waals surface area contributed by atoms with E-state index >= 15 is 0 Å². The molecule has 0 unspecified atom stereocenters. The summed E-state index contributed by atoms with van der Waals surface area (Å²) < 4.78 is 4.63. The van der Waals surface area contributed by atoms with Gasteiger partial charge in [-0.05, 0) is 43.4 Å².